The first-order valence-corrected chi connectivity index (χ1v) is 7.58. The van der Waals surface area contributed by atoms with Gasteiger partial charge >= 0.3 is 0 Å². The molecule has 2 rings (SSSR count). The fourth-order valence-corrected chi connectivity index (χ4v) is 2.34. The van der Waals surface area contributed by atoms with Crippen molar-refractivity contribution in [3.63, 3.8) is 0 Å². The normalized spacial score (nSPS) is 11.1. The van der Waals surface area contributed by atoms with Gasteiger partial charge in [-0.2, -0.15) is 5.26 Å². The van der Waals surface area contributed by atoms with Crippen LogP contribution in [0.3, 0.4) is 0 Å². The molecule has 0 atom stereocenters. The first-order valence-electron chi connectivity index (χ1n) is 7.58. The van der Waals surface area contributed by atoms with E-state index in [9.17, 15) is 0 Å². The Morgan fingerprint density at radius 3 is 2.35 bits per heavy atom. The molecule has 0 bridgehead atoms. The number of anilines is 1. The number of nitriles is 1. The topological polar surface area (TPSA) is 73.0 Å². The SMILES string of the molecule is CC(C)(C)CN(Cc1ccc(CO)cc1)c1ccnc(C#N)n1. The average molecular weight is 310 g/mol. The van der Waals surface area contributed by atoms with Gasteiger partial charge in [0.2, 0.25) is 5.82 Å². The van der Waals surface area contributed by atoms with Crippen LogP contribution < -0.4 is 4.90 Å². The zero-order valence-corrected chi connectivity index (χ0v) is 13.8. The van der Waals surface area contributed by atoms with Gasteiger partial charge in [0.15, 0.2) is 0 Å². The Kier molecular flexibility index (Phi) is 5.30. The standard InChI is InChI=1S/C18H22N4O/c1-18(2,3)13-22(17-8-9-20-16(10-19)21-17)11-14-4-6-15(12-23)7-5-14/h4-9,23H,11-13H2,1-3H3. The van der Waals surface area contributed by atoms with Gasteiger partial charge < -0.3 is 10.0 Å². The van der Waals surface area contributed by atoms with Crippen molar-refractivity contribution < 1.29 is 5.11 Å². The van der Waals surface area contributed by atoms with Gasteiger partial charge in [0.25, 0.3) is 0 Å². The summed E-state index contributed by atoms with van der Waals surface area (Å²) in [5.41, 5.74) is 2.11. The summed E-state index contributed by atoms with van der Waals surface area (Å²) in [5, 5.41) is 18.1. The van der Waals surface area contributed by atoms with Crippen molar-refractivity contribution in [3.05, 3.63) is 53.5 Å². The van der Waals surface area contributed by atoms with Crippen molar-refractivity contribution >= 4 is 5.82 Å². The van der Waals surface area contributed by atoms with Crippen LogP contribution in [-0.2, 0) is 13.2 Å². The maximum atomic E-state index is 9.14. The summed E-state index contributed by atoms with van der Waals surface area (Å²) in [6.07, 6.45) is 1.62. The Morgan fingerprint density at radius 2 is 1.78 bits per heavy atom. The molecule has 120 valence electrons. The van der Waals surface area contributed by atoms with E-state index in [-0.39, 0.29) is 17.8 Å². The van der Waals surface area contributed by atoms with Gasteiger partial charge in [-0.15, -0.1) is 0 Å². The van der Waals surface area contributed by atoms with Gasteiger partial charge in [0, 0.05) is 19.3 Å². The highest BCUT2D eigenvalue weighted by Gasteiger charge is 2.18. The predicted octanol–water partition coefficient (Wildman–Crippen LogP) is 2.89. The predicted molar refractivity (Wildman–Crippen MR) is 89.6 cm³/mol. The Morgan fingerprint density at radius 1 is 1.13 bits per heavy atom. The van der Waals surface area contributed by atoms with E-state index in [2.05, 4.69) is 35.6 Å². The molecule has 0 aliphatic rings. The second-order valence-electron chi connectivity index (χ2n) is 6.74. The average Bonchev–Trinajstić information content (AvgIpc) is 2.54. The van der Waals surface area contributed by atoms with Crippen molar-refractivity contribution in [3.8, 4) is 6.07 Å². The van der Waals surface area contributed by atoms with Crippen molar-refractivity contribution in [1.29, 1.82) is 5.26 Å². The minimum atomic E-state index is 0.0451. The molecule has 0 fully saturated rings. The van der Waals surface area contributed by atoms with Crippen molar-refractivity contribution in [2.45, 2.75) is 33.9 Å². The Labute approximate surface area is 137 Å². The van der Waals surface area contributed by atoms with E-state index in [1.807, 2.05) is 36.4 Å². The van der Waals surface area contributed by atoms with Crippen LogP contribution in [0.15, 0.2) is 36.5 Å². The lowest BCUT2D eigenvalue weighted by molar-refractivity contribution is 0.282. The molecule has 0 radical (unpaired) electrons. The molecule has 0 saturated carbocycles. The molecule has 0 spiro atoms. The number of hydrogen-bond donors (Lipinski definition) is 1. The highest BCUT2D eigenvalue weighted by Crippen LogP contribution is 2.22. The van der Waals surface area contributed by atoms with Gasteiger partial charge in [-0.1, -0.05) is 45.0 Å². The molecule has 1 aromatic heterocycles. The summed E-state index contributed by atoms with van der Waals surface area (Å²) in [7, 11) is 0. The van der Waals surface area contributed by atoms with Crippen LogP contribution >= 0.6 is 0 Å². The quantitative estimate of drug-likeness (QED) is 0.919. The fraction of sp³-hybridized carbons (Fsp3) is 0.389. The largest absolute Gasteiger partial charge is 0.392 e. The molecule has 0 aliphatic carbocycles. The van der Waals surface area contributed by atoms with E-state index in [1.165, 1.54) is 0 Å². The van der Waals surface area contributed by atoms with Crippen LogP contribution in [0.2, 0.25) is 0 Å². The molecule has 0 saturated heterocycles. The van der Waals surface area contributed by atoms with Gasteiger partial charge in [0.05, 0.1) is 6.61 Å². The molecule has 1 aromatic carbocycles. The minimum Gasteiger partial charge on any atom is -0.392 e. The number of hydrogen-bond acceptors (Lipinski definition) is 5. The minimum absolute atomic E-state index is 0.0451. The lowest BCUT2D eigenvalue weighted by atomic mass is 9.95. The summed E-state index contributed by atoms with van der Waals surface area (Å²) < 4.78 is 0. The molecule has 1 heterocycles. The van der Waals surface area contributed by atoms with E-state index in [0.717, 1.165) is 23.5 Å². The molecular weight excluding hydrogens is 288 g/mol. The monoisotopic (exact) mass is 310 g/mol. The lowest BCUT2D eigenvalue weighted by Gasteiger charge is -2.31. The van der Waals surface area contributed by atoms with E-state index in [0.29, 0.717) is 6.54 Å². The lowest BCUT2D eigenvalue weighted by Crippen LogP contribution is -2.33. The van der Waals surface area contributed by atoms with Gasteiger partial charge in [-0.25, -0.2) is 9.97 Å². The number of aromatic nitrogens is 2. The van der Waals surface area contributed by atoms with E-state index < -0.39 is 0 Å². The molecular formula is C18H22N4O. The number of aliphatic hydroxyl groups is 1. The Balaban J connectivity index is 2.27. The maximum Gasteiger partial charge on any atom is 0.234 e. The maximum absolute atomic E-state index is 9.14. The summed E-state index contributed by atoms with van der Waals surface area (Å²) in [5.74, 6) is 0.926. The third-order valence-corrected chi connectivity index (χ3v) is 3.31. The van der Waals surface area contributed by atoms with E-state index in [4.69, 9.17) is 10.4 Å². The van der Waals surface area contributed by atoms with Crippen molar-refractivity contribution in [1.82, 2.24) is 9.97 Å². The van der Waals surface area contributed by atoms with Crippen molar-refractivity contribution in [2.24, 2.45) is 5.41 Å². The summed E-state index contributed by atoms with van der Waals surface area (Å²) >= 11 is 0. The molecule has 0 aliphatic heterocycles. The van der Waals surface area contributed by atoms with E-state index in [1.54, 1.807) is 6.20 Å². The van der Waals surface area contributed by atoms with Crippen LogP contribution in [0.5, 0.6) is 0 Å². The highest BCUT2D eigenvalue weighted by atomic mass is 16.3. The van der Waals surface area contributed by atoms with Crippen LogP contribution in [0.25, 0.3) is 0 Å². The summed E-state index contributed by atoms with van der Waals surface area (Å²) in [4.78, 5) is 10.4. The Hall–Kier alpha value is -2.45. The highest BCUT2D eigenvalue weighted by molar-refractivity contribution is 5.40. The van der Waals surface area contributed by atoms with Crippen LogP contribution in [0.1, 0.15) is 37.7 Å². The number of nitrogens with zero attached hydrogens (tertiary/aromatic N) is 4. The molecule has 1 N–H and O–H groups in total. The number of aliphatic hydroxyl groups excluding tert-OH is 1. The van der Waals surface area contributed by atoms with Crippen LogP contribution in [0, 0.1) is 16.7 Å². The third kappa shape index (κ3) is 5.04. The molecule has 2 aromatic rings. The van der Waals surface area contributed by atoms with Crippen molar-refractivity contribution in [2.75, 3.05) is 11.4 Å². The zero-order valence-electron chi connectivity index (χ0n) is 13.8. The number of benzene rings is 1. The molecule has 23 heavy (non-hydrogen) atoms. The second-order valence-corrected chi connectivity index (χ2v) is 6.74. The van der Waals surface area contributed by atoms with Gasteiger partial charge in [-0.3, -0.25) is 0 Å². The molecule has 0 amide bonds. The smallest absolute Gasteiger partial charge is 0.234 e. The number of rotatable bonds is 5. The van der Waals surface area contributed by atoms with Crippen LogP contribution in [-0.4, -0.2) is 21.6 Å². The first kappa shape index (κ1) is 16.9. The van der Waals surface area contributed by atoms with Crippen LogP contribution in [0.4, 0.5) is 5.82 Å². The summed E-state index contributed by atoms with van der Waals surface area (Å²) in [6.45, 7) is 8.04. The Bertz CT molecular complexity index is 683. The molecule has 0 unspecified atom stereocenters. The second kappa shape index (κ2) is 7.21. The molecule has 5 nitrogen and oxygen atoms in total. The first-order chi connectivity index (χ1) is 10.9. The van der Waals surface area contributed by atoms with Gasteiger partial charge in [0.1, 0.15) is 11.9 Å². The fourth-order valence-electron chi connectivity index (χ4n) is 2.34. The van der Waals surface area contributed by atoms with E-state index >= 15 is 0 Å². The van der Waals surface area contributed by atoms with Gasteiger partial charge in [-0.05, 0) is 22.6 Å². The zero-order chi connectivity index (χ0) is 16.9. The molecule has 5 heteroatoms. The third-order valence-electron chi connectivity index (χ3n) is 3.31. The summed E-state index contributed by atoms with van der Waals surface area (Å²) in [6, 6.07) is 11.7.